The van der Waals surface area contributed by atoms with E-state index in [2.05, 4.69) is 0 Å². The van der Waals surface area contributed by atoms with Crippen molar-refractivity contribution >= 4 is 12.2 Å². The molecule has 37 heavy (non-hydrogen) atoms. The Hall–Kier alpha value is -4.08. The van der Waals surface area contributed by atoms with Crippen LogP contribution in [0, 0.1) is 4.77 Å². The number of methoxy groups -OCH3 is 1. The molecule has 0 aliphatic carbocycles. The van der Waals surface area contributed by atoms with Crippen molar-refractivity contribution in [2.24, 2.45) is 0 Å². The molecule has 1 aromatic heterocycles. The second kappa shape index (κ2) is 9.10. The van der Waals surface area contributed by atoms with Gasteiger partial charge in [0.2, 0.25) is 18.4 Å². The number of benzene rings is 3. The highest BCUT2D eigenvalue weighted by atomic mass is 32.1. The van der Waals surface area contributed by atoms with Crippen LogP contribution in [0.3, 0.4) is 0 Å². The van der Waals surface area contributed by atoms with Crippen molar-refractivity contribution in [1.82, 2.24) is 14.0 Å². The molecule has 2 aliphatic heterocycles. The van der Waals surface area contributed by atoms with Crippen molar-refractivity contribution in [3.8, 4) is 34.5 Å². The minimum Gasteiger partial charge on any atom is -0.494 e. The average Bonchev–Trinajstić information content (AvgIpc) is 3.38. The zero-order valence-corrected chi connectivity index (χ0v) is 21.2. The predicted molar refractivity (Wildman–Crippen MR) is 141 cm³/mol. The Labute approximate surface area is 218 Å². The van der Waals surface area contributed by atoms with E-state index in [0.717, 1.165) is 17.5 Å². The highest BCUT2D eigenvalue weighted by Gasteiger charge is 2.39. The summed E-state index contributed by atoms with van der Waals surface area (Å²) in [7, 11) is 3.50. The molecule has 6 rings (SSSR count). The normalized spacial score (nSPS) is 16.4. The third-order valence-corrected chi connectivity index (χ3v) is 7.33. The molecule has 3 heterocycles. The molecule has 4 aromatic rings. The van der Waals surface area contributed by atoms with E-state index in [0.29, 0.717) is 35.2 Å². The molecule has 1 atom stereocenters. The maximum Gasteiger partial charge on any atom is 0.267 e. The van der Waals surface area contributed by atoms with E-state index in [9.17, 15) is 9.90 Å². The topological polar surface area (TPSA) is 78.1 Å². The van der Waals surface area contributed by atoms with E-state index >= 15 is 0 Å². The molecule has 0 bridgehead atoms. The largest absolute Gasteiger partial charge is 0.494 e. The minimum absolute atomic E-state index is 0.0970. The maximum absolute atomic E-state index is 14.3. The summed E-state index contributed by atoms with van der Waals surface area (Å²) in [5, 5.41) is 11.8. The number of rotatable bonds is 4. The van der Waals surface area contributed by atoms with Gasteiger partial charge in [0.15, 0.2) is 16.3 Å². The molecule has 8 nitrogen and oxygen atoms in total. The van der Waals surface area contributed by atoms with Crippen LogP contribution in [0.2, 0.25) is 0 Å². The van der Waals surface area contributed by atoms with Gasteiger partial charge in [-0.15, -0.1) is 0 Å². The van der Waals surface area contributed by atoms with Crippen molar-refractivity contribution in [2.45, 2.75) is 12.5 Å². The third-order valence-electron chi connectivity index (χ3n) is 6.97. The first-order chi connectivity index (χ1) is 18.0. The van der Waals surface area contributed by atoms with Crippen LogP contribution in [0.1, 0.15) is 22.7 Å². The molecule has 9 heteroatoms. The maximum atomic E-state index is 14.3. The molecule has 0 saturated carbocycles. The summed E-state index contributed by atoms with van der Waals surface area (Å²) in [6, 6.07) is 19.8. The smallest absolute Gasteiger partial charge is 0.267 e. The van der Waals surface area contributed by atoms with Crippen LogP contribution in [0.5, 0.6) is 23.1 Å². The molecule has 188 valence electrons. The van der Waals surface area contributed by atoms with Crippen LogP contribution < -0.4 is 19.8 Å². The molecular formula is C28H25N3O5S. The van der Waals surface area contributed by atoms with Crippen LogP contribution in [0.4, 0.5) is 0 Å². The van der Waals surface area contributed by atoms with E-state index in [1.165, 1.54) is 4.57 Å². The Bertz CT molecular complexity index is 1620. The summed E-state index contributed by atoms with van der Waals surface area (Å²) in [5.74, 6) is 1.41. The van der Waals surface area contributed by atoms with Gasteiger partial charge in [-0.1, -0.05) is 36.4 Å². The monoisotopic (exact) mass is 515 g/mol. The Morgan fingerprint density at radius 3 is 2.27 bits per heavy atom. The second-order valence-electron chi connectivity index (χ2n) is 9.02. The van der Waals surface area contributed by atoms with Crippen molar-refractivity contribution in [2.75, 3.05) is 27.5 Å². The number of aromatic hydroxyl groups is 1. The van der Waals surface area contributed by atoms with Gasteiger partial charge in [-0.25, -0.2) is 0 Å². The molecular weight excluding hydrogens is 490 g/mol. The summed E-state index contributed by atoms with van der Waals surface area (Å²) in [6.45, 7) is 0.755. The number of hydrogen-bond acceptors (Lipinski definition) is 7. The molecule has 3 aromatic carbocycles. The molecule has 0 spiro atoms. The van der Waals surface area contributed by atoms with Crippen LogP contribution in [0.15, 0.2) is 71.5 Å². The summed E-state index contributed by atoms with van der Waals surface area (Å²) < 4.78 is 20.4. The average molecular weight is 516 g/mol. The lowest BCUT2D eigenvalue weighted by Gasteiger charge is -2.36. The van der Waals surface area contributed by atoms with Gasteiger partial charge >= 0.3 is 0 Å². The van der Waals surface area contributed by atoms with Crippen molar-refractivity contribution in [3.05, 3.63) is 98.5 Å². The first kappa shape index (κ1) is 23.3. The third kappa shape index (κ3) is 3.61. The van der Waals surface area contributed by atoms with E-state index < -0.39 is 11.6 Å². The van der Waals surface area contributed by atoms with Crippen LogP contribution >= 0.6 is 12.2 Å². The summed E-state index contributed by atoms with van der Waals surface area (Å²) in [4.78, 5) is 16.3. The van der Waals surface area contributed by atoms with Gasteiger partial charge in [-0.3, -0.25) is 18.8 Å². The van der Waals surface area contributed by atoms with E-state index in [1.807, 2.05) is 78.7 Å². The van der Waals surface area contributed by atoms with E-state index in [1.54, 1.807) is 11.7 Å². The highest BCUT2D eigenvalue weighted by molar-refractivity contribution is 7.71. The quantitative estimate of drug-likeness (QED) is 0.404. The molecule has 0 saturated heterocycles. The highest BCUT2D eigenvalue weighted by Crippen LogP contribution is 2.51. The summed E-state index contributed by atoms with van der Waals surface area (Å²) in [5.41, 5.74) is 2.80. The fourth-order valence-electron chi connectivity index (χ4n) is 5.27. The summed E-state index contributed by atoms with van der Waals surface area (Å²) >= 11 is 5.80. The summed E-state index contributed by atoms with van der Waals surface area (Å²) in [6.07, 6.45) is 0.723. The van der Waals surface area contributed by atoms with Crippen LogP contribution in [-0.2, 0) is 6.42 Å². The van der Waals surface area contributed by atoms with Crippen molar-refractivity contribution in [1.29, 1.82) is 0 Å². The lowest BCUT2D eigenvalue weighted by molar-refractivity contribution is 0.170. The number of aromatic nitrogens is 2. The fourth-order valence-corrected chi connectivity index (χ4v) is 5.65. The number of nitrogens with zero attached hydrogens (tertiary/aromatic N) is 3. The van der Waals surface area contributed by atoms with Crippen molar-refractivity contribution in [3.63, 3.8) is 0 Å². The van der Waals surface area contributed by atoms with Gasteiger partial charge < -0.3 is 19.3 Å². The van der Waals surface area contributed by atoms with Gasteiger partial charge in [0, 0.05) is 12.1 Å². The van der Waals surface area contributed by atoms with Crippen LogP contribution in [-0.4, -0.2) is 46.6 Å². The van der Waals surface area contributed by atoms with Gasteiger partial charge in [0.1, 0.15) is 5.56 Å². The zero-order chi connectivity index (χ0) is 25.7. The first-order valence-electron chi connectivity index (χ1n) is 11.9. The number of ether oxygens (including phenoxy) is 3. The molecule has 0 amide bonds. The molecule has 1 N–H and O–H groups in total. The first-order valence-corrected chi connectivity index (χ1v) is 12.3. The Balaban J connectivity index is 1.71. The van der Waals surface area contributed by atoms with E-state index in [4.69, 9.17) is 26.4 Å². The second-order valence-corrected chi connectivity index (χ2v) is 9.38. The Morgan fingerprint density at radius 1 is 0.973 bits per heavy atom. The van der Waals surface area contributed by atoms with Crippen LogP contribution in [0.25, 0.3) is 11.4 Å². The number of fused-ring (bicyclic) bond motifs is 2. The predicted octanol–water partition coefficient (Wildman–Crippen LogP) is 4.38. The van der Waals surface area contributed by atoms with Gasteiger partial charge in [-0.05, 0) is 61.6 Å². The standard InChI is InChI=1S/C28H25N3O5S/c1-29-14-13-17-15-20-24(36-16-35-20)25(34-2)21(17)23(29)22-26(32)30(18-9-5-3-6-10-18)28(37)31(27(22)33)19-11-7-4-8-12-19/h3-12,15,23,32H,13-14,16H2,1-2H3/t23-/m1/s1. The lowest BCUT2D eigenvalue weighted by Crippen LogP contribution is -2.39. The number of likely N-dealkylation sites (N-methyl/N-ethyl adjacent to an activating group) is 1. The molecule has 2 aliphatic rings. The molecule has 0 fully saturated rings. The Morgan fingerprint density at radius 2 is 1.62 bits per heavy atom. The van der Waals surface area contributed by atoms with Crippen molar-refractivity contribution < 1.29 is 19.3 Å². The SMILES string of the molecule is COc1c2c(cc3c1[C@H](c1c(O)n(-c4ccccc4)c(=S)n(-c4ccccc4)c1=O)N(C)CC3)OCO2. The molecule has 0 radical (unpaired) electrons. The zero-order valence-electron chi connectivity index (χ0n) is 20.4. The van der Waals surface area contributed by atoms with Gasteiger partial charge in [0.25, 0.3) is 5.56 Å². The lowest BCUT2D eigenvalue weighted by atomic mass is 9.87. The van der Waals surface area contributed by atoms with Gasteiger partial charge in [-0.2, -0.15) is 0 Å². The Kier molecular flexibility index (Phi) is 5.73. The van der Waals surface area contributed by atoms with E-state index in [-0.39, 0.29) is 23.0 Å². The number of para-hydroxylation sites is 2. The minimum atomic E-state index is -0.624. The van der Waals surface area contributed by atoms with Gasteiger partial charge in [0.05, 0.1) is 24.5 Å². The fraction of sp³-hybridized carbons (Fsp3) is 0.214. The molecule has 0 unspecified atom stereocenters. The number of hydrogen-bond donors (Lipinski definition) is 1.